The molecule has 1 aromatic carbocycles. The van der Waals surface area contributed by atoms with Crippen molar-refractivity contribution in [3.8, 4) is 0 Å². The highest BCUT2D eigenvalue weighted by atomic mass is 16.1. The standard InChI is InChI=1S/C15H16N2O2/c1-11-4-3-5-12(8-11)9-16-15(19)13-6-7-14(18)17(2)10-13/h3-8,10H,9H2,1-2H3,(H,16,19). The van der Waals surface area contributed by atoms with Crippen molar-refractivity contribution in [1.29, 1.82) is 0 Å². The van der Waals surface area contributed by atoms with Crippen molar-refractivity contribution in [2.24, 2.45) is 7.05 Å². The molecule has 1 aromatic heterocycles. The van der Waals surface area contributed by atoms with Gasteiger partial charge in [-0.3, -0.25) is 9.59 Å². The van der Waals surface area contributed by atoms with Gasteiger partial charge in [0.1, 0.15) is 0 Å². The van der Waals surface area contributed by atoms with Crippen molar-refractivity contribution in [3.05, 3.63) is 69.6 Å². The normalized spacial score (nSPS) is 10.2. The van der Waals surface area contributed by atoms with Crippen LogP contribution in [0.2, 0.25) is 0 Å². The molecule has 1 N–H and O–H groups in total. The van der Waals surface area contributed by atoms with Gasteiger partial charge in [0.25, 0.3) is 5.91 Å². The van der Waals surface area contributed by atoms with Crippen molar-refractivity contribution in [2.75, 3.05) is 0 Å². The fourth-order valence-corrected chi connectivity index (χ4v) is 1.83. The Morgan fingerprint density at radius 2 is 2.05 bits per heavy atom. The summed E-state index contributed by atoms with van der Waals surface area (Å²) >= 11 is 0. The number of hydrogen-bond acceptors (Lipinski definition) is 2. The van der Waals surface area contributed by atoms with Crippen molar-refractivity contribution in [2.45, 2.75) is 13.5 Å². The minimum Gasteiger partial charge on any atom is -0.348 e. The van der Waals surface area contributed by atoms with Gasteiger partial charge in [0.05, 0.1) is 5.56 Å². The minimum absolute atomic E-state index is 0.129. The van der Waals surface area contributed by atoms with Gasteiger partial charge in [0.15, 0.2) is 0 Å². The molecule has 0 saturated carbocycles. The molecule has 2 rings (SSSR count). The molecule has 0 fully saturated rings. The zero-order valence-electron chi connectivity index (χ0n) is 11.0. The highest BCUT2D eigenvalue weighted by Crippen LogP contribution is 2.04. The van der Waals surface area contributed by atoms with Gasteiger partial charge in [0.2, 0.25) is 5.56 Å². The summed E-state index contributed by atoms with van der Waals surface area (Å²) in [5.74, 6) is -0.183. The maximum Gasteiger partial charge on any atom is 0.253 e. The highest BCUT2D eigenvalue weighted by molar-refractivity contribution is 5.93. The average Bonchev–Trinajstić information content (AvgIpc) is 2.39. The van der Waals surface area contributed by atoms with E-state index in [1.165, 1.54) is 22.9 Å². The average molecular weight is 256 g/mol. The largest absolute Gasteiger partial charge is 0.348 e. The van der Waals surface area contributed by atoms with Crippen LogP contribution in [0.15, 0.2) is 47.4 Å². The zero-order chi connectivity index (χ0) is 13.8. The molecular formula is C15H16N2O2. The molecule has 0 atom stereocenters. The molecular weight excluding hydrogens is 240 g/mol. The first-order valence-electron chi connectivity index (χ1n) is 6.07. The van der Waals surface area contributed by atoms with Crippen LogP contribution in [0.3, 0.4) is 0 Å². The van der Waals surface area contributed by atoms with E-state index < -0.39 is 0 Å². The van der Waals surface area contributed by atoms with Gasteiger partial charge in [-0.05, 0) is 18.6 Å². The van der Waals surface area contributed by atoms with Crippen LogP contribution in [-0.4, -0.2) is 10.5 Å². The monoisotopic (exact) mass is 256 g/mol. The fraction of sp³-hybridized carbons (Fsp3) is 0.200. The lowest BCUT2D eigenvalue weighted by Crippen LogP contribution is -2.25. The summed E-state index contributed by atoms with van der Waals surface area (Å²) in [6, 6.07) is 10.9. The maximum absolute atomic E-state index is 11.9. The molecule has 4 nitrogen and oxygen atoms in total. The van der Waals surface area contributed by atoms with Gasteiger partial charge in [-0.25, -0.2) is 0 Å². The predicted molar refractivity (Wildman–Crippen MR) is 74.0 cm³/mol. The predicted octanol–water partition coefficient (Wildman–Crippen LogP) is 1.62. The van der Waals surface area contributed by atoms with Crippen molar-refractivity contribution in [3.63, 3.8) is 0 Å². The van der Waals surface area contributed by atoms with E-state index in [4.69, 9.17) is 0 Å². The minimum atomic E-state index is -0.183. The Kier molecular flexibility index (Phi) is 3.80. The Morgan fingerprint density at radius 3 is 2.74 bits per heavy atom. The highest BCUT2D eigenvalue weighted by Gasteiger charge is 2.06. The molecule has 1 amide bonds. The number of aryl methyl sites for hydroxylation is 2. The van der Waals surface area contributed by atoms with Crippen LogP contribution in [0.1, 0.15) is 21.5 Å². The molecule has 0 aliphatic carbocycles. The van der Waals surface area contributed by atoms with Gasteiger partial charge in [-0.1, -0.05) is 29.8 Å². The van der Waals surface area contributed by atoms with E-state index in [0.717, 1.165) is 11.1 Å². The summed E-state index contributed by atoms with van der Waals surface area (Å²) in [4.78, 5) is 23.2. The number of nitrogens with zero attached hydrogens (tertiary/aromatic N) is 1. The number of hydrogen-bond donors (Lipinski definition) is 1. The summed E-state index contributed by atoms with van der Waals surface area (Å²) in [7, 11) is 1.62. The second-order valence-corrected chi connectivity index (χ2v) is 4.54. The number of rotatable bonds is 3. The number of nitrogens with one attached hydrogen (secondary N) is 1. The maximum atomic E-state index is 11.9. The smallest absolute Gasteiger partial charge is 0.253 e. The number of amides is 1. The molecule has 0 saturated heterocycles. The zero-order valence-corrected chi connectivity index (χ0v) is 11.0. The van der Waals surface area contributed by atoms with Crippen LogP contribution in [-0.2, 0) is 13.6 Å². The van der Waals surface area contributed by atoms with Gasteiger partial charge in [-0.15, -0.1) is 0 Å². The van der Waals surface area contributed by atoms with Crippen molar-refractivity contribution < 1.29 is 4.79 Å². The fourth-order valence-electron chi connectivity index (χ4n) is 1.83. The number of pyridine rings is 1. The van der Waals surface area contributed by atoms with Crippen molar-refractivity contribution in [1.82, 2.24) is 9.88 Å². The lowest BCUT2D eigenvalue weighted by Gasteiger charge is -2.07. The Hall–Kier alpha value is -2.36. The van der Waals surface area contributed by atoms with Crippen molar-refractivity contribution >= 4 is 5.91 Å². The Morgan fingerprint density at radius 1 is 1.26 bits per heavy atom. The van der Waals surface area contributed by atoms with Gasteiger partial charge in [0, 0.05) is 25.9 Å². The van der Waals surface area contributed by atoms with E-state index in [1.807, 2.05) is 31.2 Å². The van der Waals surface area contributed by atoms with Crippen LogP contribution in [0.4, 0.5) is 0 Å². The number of benzene rings is 1. The molecule has 1 heterocycles. The van der Waals surface area contributed by atoms with Crippen LogP contribution in [0.25, 0.3) is 0 Å². The molecule has 0 aliphatic heterocycles. The first kappa shape index (κ1) is 13.1. The first-order chi connectivity index (χ1) is 9.06. The van der Waals surface area contributed by atoms with Crippen LogP contribution >= 0.6 is 0 Å². The number of carbonyl (C=O) groups is 1. The van der Waals surface area contributed by atoms with E-state index in [-0.39, 0.29) is 11.5 Å². The van der Waals surface area contributed by atoms with E-state index in [0.29, 0.717) is 12.1 Å². The van der Waals surface area contributed by atoms with Gasteiger partial charge in [-0.2, -0.15) is 0 Å². The molecule has 0 aliphatic rings. The van der Waals surface area contributed by atoms with Gasteiger partial charge < -0.3 is 9.88 Å². The molecule has 19 heavy (non-hydrogen) atoms. The van der Waals surface area contributed by atoms with E-state index in [9.17, 15) is 9.59 Å². The molecule has 98 valence electrons. The summed E-state index contributed by atoms with van der Waals surface area (Å²) < 4.78 is 1.39. The molecule has 4 heteroatoms. The Labute approximate surface area is 111 Å². The summed E-state index contributed by atoms with van der Waals surface area (Å²) in [6.07, 6.45) is 1.54. The number of aromatic nitrogens is 1. The quantitative estimate of drug-likeness (QED) is 0.907. The summed E-state index contributed by atoms with van der Waals surface area (Å²) in [5.41, 5.74) is 2.57. The number of carbonyl (C=O) groups excluding carboxylic acids is 1. The van der Waals surface area contributed by atoms with E-state index in [2.05, 4.69) is 5.32 Å². The summed E-state index contributed by atoms with van der Waals surface area (Å²) in [6.45, 7) is 2.49. The van der Waals surface area contributed by atoms with Gasteiger partial charge >= 0.3 is 0 Å². The molecule has 0 spiro atoms. The molecule has 0 unspecified atom stereocenters. The first-order valence-corrected chi connectivity index (χ1v) is 6.07. The topological polar surface area (TPSA) is 51.1 Å². The van der Waals surface area contributed by atoms with Crippen LogP contribution in [0.5, 0.6) is 0 Å². The SMILES string of the molecule is Cc1cccc(CNC(=O)c2ccc(=O)n(C)c2)c1. The lowest BCUT2D eigenvalue weighted by molar-refractivity contribution is 0.0950. The molecule has 0 bridgehead atoms. The van der Waals surface area contributed by atoms with E-state index in [1.54, 1.807) is 7.05 Å². The Balaban J connectivity index is 2.05. The Bertz CT molecular complexity index is 659. The van der Waals surface area contributed by atoms with Crippen LogP contribution in [0, 0.1) is 6.92 Å². The molecule has 2 aromatic rings. The van der Waals surface area contributed by atoms with Crippen LogP contribution < -0.4 is 10.9 Å². The lowest BCUT2D eigenvalue weighted by atomic mass is 10.1. The third-order valence-electron chi connectivity index (χ3n) is 2.88. The second kappa shape index (κ2) is 5.52. The van der Waals surface area contributed by atoms with E-state index >= 15 is 0 Å². The third-order valence-corrected chi connectivity index (χ3v) is 2.88. The summed E-state index contributed by atoms with van der Waals surface area (Å²) in [5, 5.41) is 2.83. The molecule has 0 radical (unpaired) electrons. The third kappa shape index (κ3) is 3.31. The second-order valence-electron chi connectivity index (χ2n) is 4.54.